The van der Waals surface area contributed by atoms with Gasteiger partial charge in [0.25, 0.3) is 0 Å². The lowest BCUT2D eigenvalue weighted by Crippen LogP contribution is -2.67. The van der Waals surface area contributed by atoms with Gasteiger partial charge in [0.05, 0.1) is 17.4 Å². The van der Waals surface area contributed by atoms with E-state index in [2.05, 4.69) is 12.1 Å². The van der Waals surface area contributed by atoms with Crippen LogP contribution in [-0.4, -0.2) is 57.5 Å². The molecule has 0 aliphatic carbocycles. The van der Waals surface area contributed by atoms with Crippen LogP contribution in [0.1, 0.15) is 37.3 Å². The van der Waals surface area contributed by atoms with Crippen LogP contribution in [0, 0.1) is 12.8 Å². The van der Waals surface area contributed by atoms with Gasteiger partial charge in [0.2, 0.25) is 5.91 Å². The van der Waals surface area contributed by atoms with Crippen LogP contribution in [0.3, 0.4) is 0 Å². The number of carbonyl (C=O) groups is 3. The first-order chi connectivity index (χ1) is 18.9. The molecule has 2 bridgehead atoms. The summed E-state index contributed by atoms with van der Waals surface area (Å²) < 4.78 is 0. The van der Waals surface area contributed by atoms with Gasteiger partial charge in [-0.15, -0.1) is 0 Å². The Morgan fingerprint density at radius 2 is 1.49 bits per heavy atom. The van der Waals surface area contributed by atoms with E-state index in [4.69, 9.17) is 0 Å². The van der Waals surface area contributed by atoms with E-state index in [1.54, 1.807) is 9.80 Å². The number of anilines is 2. The van der Waals surface area contributed by atoms with Crippen LogP contribution in [0.15, 0.2) is 84.9 Å². The highest BCUT2D eigenvalue weighted by molar-refractivity contribution is 6.01. The van der Waals surface area contributed by atoms with Gasteiger partial charge in [0, 0.05) is 18.5 Å². The number of hydrogen-bond acceptors (Lipinski definition) is 3. The van der Waals surface area contributed by atoms with Crippen LogP contribution < -0.4 is 4.90 Å². The summed E-state index contributed by atoms with van der Waals surface area (Å²) in [4.78, 5) is 45.6. The van der Waals surface area contributed by atoms with E-state index >= 15 is 0 Å². The Kier molecular flexibility index (Phi) is 7.68. The molecule has 3 aromatic carbocycles. The fraction of sp³-hybridized carbons (Fsp3) is 0.344. The standard InChI is InChI=1S/C32H35N3O4/c1-3-24(20-23-16-14-22(2)15-17-23)30(36)35-27-18-19-28(35)29(31(37)38)33(21-27)32(39)34(25-10-6-4-7-11-25)26-12-8-5-9-13-26/h4-17,24,27-29H,3,18-21H2,1-2H3,(H,37,38)/t24?,27-,28+,29-/m0/s1. The van der Waals surface area contributed by atoms with Crippen LogP contribution in [0.5, 0.6) is 0 Å². The van der Waals surface area contributed by atoms with E-state index in [1.807, 2.05) is 86.6 Å². The fourth-order valence-electron chi connectivity index (χ4n) is 6.07. The van der Waals surface area contributed by atoms with E-state index in [9.17, 15) is 19.5 Å². The molecule has 1 N–H and O–H groups in total. The zero-order chi connectivity index (χ0) is 27.5. The number of urea groups is 1. The molecule has 7 nitrogen and oxygen atoms in total. The monoisotopic (exact) mass is 525 g/mol. The van der Waals surface area contributed by atoms with Gasteiger partial charge in [-0.3, -0.25) is 9.69 Å². The van der Waals surface area contributed by atoms with E-state index < -0.39 is 24.1 Å². The highest BCUT2D eigenvalue weighted by Crippen LogP contribution is 2.38. The zero-order valence-electron chi connectivity index (χ0n) is 22.4. The zero-order valence-corrected chi connectivity index (χ0v) is 22.4. The molecule has 0 spiro atoms. The van der Waals surface area contributed by atoms with Crippen molar-refractivity contribution in [2.45, 2.75) is 57.7 Å². The Bertz CT molecular complexity index is 1270. The number of aryl methyl sites for hydroxylation is 1. The second kappa shape index (κ2) is 11.3. The lowest BCUT2D eigenvalue weighted by atomic mass is 9.93. The van der Waals surface area contributed by atoms with Crippen molar-refractivity contribution in [3.8, 4) is 0 Å². The van der Waals surface area contributed by atoms with Gasteiger partial charge in [-0.1, -0.05) is 73.2 Å². The third-order valence-corrected chi connectivity index (χ3v) is 8.07. The Hall–Kier alpha value is -4.13. The summed E-state index contributed by atoms with van der Waals surface area (Å²) in [6.07, 6.45) is 2.52. The van der Waals surface area contributed by atoms with Gasteiger partial charge in [-0.2, -0.15) is 0 Å². The molecular weight excluding hydrogens is 490 g/mol. The molecule has 202 valence electrons. The van der Waals surface area contributed by atoms with Crippen molar-refractivity contribution in [1.82, 2.24) is 9.80 Å². The number of nitrogens with zero attached hydrogens (tertiary/aromatic N) is 3. The third-order valence-electron chi connectivity index (χ3n) is 8.07. The van der Waals surface area contributed by atoms with Crippen molar-refractivity contribution >= 4 is 29.3 Å². The maximum absolute atomic E-state index is 14.2. The number of carboxylic acids is 1. The third kappa shape index (κ3) is 5.26. The number of benzene rings is 3. The number of hydrogen-bond donors (Lipinski definition) is 1. The lowest BCUT2D eigenvalue weighted by molar-refractivity contribution is -0.152. The SMILES string of the molecule is CCC(Cc1ccc(C)cc1)C(=O)N1[C@H]2CC[C@@H]1[C@@H](C(=O)O)N(C(=O)N(c1ccccc1)c1ccccc1)C2. The van der Waals surface area contributed by atoms with Crippen LogP contribution >= 0.6 is 0 Å². The molecule has 0 saturated carbocycles. The van der Waals surface area contributed by atoms with Gasteiger partial charge >= 0.3 is 12.0 Å². The van der Waals surface area contributed by atoms with Crippen molar-refractivity contribution in [2.24, 2.45) is 5.92 Å². The maximum atomic E-state index is 14.2. The summed E-state index contributed by atoms with van der Waals surface area (Å²) >= 11 is 0. The van der Waals surface area contributed by atoms with E-state index in [-0.39, 0.29) is 24.4 Å². The van der Waals surface area contributed by atoms with E-state index in [1.165, 1.54) is 10.5 Å². The normalized spacial score (nSPS) is 20.9. The molecule has 1 unspecified atom stereocenters. The van der Waals surface area contributed by atoms with Crippen molar-refractivity contribution in [2.75, 3.05) is 11.4 Å². The summed E-state index contributed by atoms with van der Waals surface area (Å²) in [6.45, 7) is 4.23. The van der Waals surface area contributed by atoms with Gasteiger partial charge in [-0.25, -0.2) is 9.59 Å². The molecule has 2 saturated heterocycles. The summed E-state index contributed by atoms with van der Waals surface area (Å²) in [7, 11) is 0. The number of rotatable bonds is 7. The van der Waals surface area contributed by atoms with Crippen LogP contribution in [0.25, 0.3) is 0 Å². The molecular formula is C32H35N3O4. The number of fused-ring (bicyclic) bond motifs is 2. The quantitative estimate of drug-likeness (QED) is 0.432. The highest BCUT2D eigenvalue weighted by atomic mass is 16.4. The number of carbonyl (C=O) groups excluding carboxylic acids is 2. The molecule has 4 atom stereocenters. The minimum atomic E-state index is -1.12. The number of aliphatic carboxylic acids is 1. The molecule has 39 heavy (non-hydrogen) atoms. The van der Waals surface area contributed by atoms with Crippen molar-refractivity contribution < 1.29 is 19.5 Å². The van der Waals surface area contributed by atoms with Gasteiger partial charge in [0.1, 0.15) is 0 Å². The molecule has 7 heteroatoms. The van der Waals surface area contributed by atoms with Crippen LogP contribution in [-0.2, 0) is 16.0 Å². The molecule has 2 heterocycles. The average Bonchev–Trinajstić information content (AvgIpc) is 3.25. The molecule has 5 rings (SSSR count). The molecule has 2 aliphatic heterocycles. The predicted octanol–water partition coefficient (Wildman–Crippen LogP) is 5.65. The first kappa shape index (κ1) is 26.5. The largest absolute Gasteiger partial charge is 0.480 e. The number of para-hydroxylation sites is 2. The van der Waals surface area contributed by atoms with E-state index in [0.717, 1.165) is 5.56 Å². The molecule has 3 aromatic rings. The minimum absolute atomic E-state index is 0.00750. The minimum Gasteiger partial charge on any atom is -0.480 e. The van der Waals surface area contributed by atoms with Crippen molar-refractivity contribution in [3.63, 3.8) is 0 Å². The van der Waals surface area contributed by atoms with E-state index in [0.29, 0.717) is 37.1 Å². The van der Waals surface area contributed by atoms with Crippen LogP contribution in [0.2, 0.25) is 0 Å². The summed E-state index contributed by atoms with van der Waals surface area (Å²) in [5.41, 5.74) is 3.58. The molecule has 0 aromatic heterocycles. The number of carboxylic acid groups (broad SMARTS) is 1. The first-order valence-corrected chi connectivity index (χ1v) is 13.7. The first-order valence-electron chi connectivity index (χ1n) is 13.7. The highest BCUT2D eigenvalue weighted by Gasteiger charge is 2.54. The second-order valence-electron chi connectivity index (χ2n) is 10.6. The second-order valence-corrected chi connectivity index (χ2v) is 10.6. The predicted molar refractivity (Wildman–Crippen MR) is 151 cm³/mol. The smallest absolute Gasteiger partial charge is 0.329 e. The van der Waals surface area contributed by atoms with Crippen LogP contribution in [0.4, 0.5) is 16.2 Å². The topological polar surface area (TPSA) is 81.2 Å². The lowest BCUT2D eigenvalue weighted by Gasteiger charge is -2.47. The summed E-state index contributed by atoms with van der Waals surface area (Å²) in [5, 5.41) is 10.4. The summed E-state index contributed by atoms with van der Waals surface area (Å²) in [6, 6.07) is 24.5. The Morgan fingerprint density at radius 1 is 0.897 bits per heavy atom. The fourth-order valence-corrected chi connectivity index (χ4v) is 6.07. The molecule has 2 aliphatic rings. The Morgan fingerprint density at radius 3 is 2.03 bits per heavy atom. The summed E-state index contributed by atoms with van der Waals surface area (Å²) in [5.74, 6) is -1.33. The van der Waals surface area contributed by atoms with Gasteiger partial charge < -0.3 is 14.9 Å². The Labute approximate surface area is 229 Å². The van der Waals surface area contributed by atoms with Crippen molar-refractivity contribution in [3.05, 3.63) is 96.1 Å². The molecule has 0 radical (unpaired) electrons. The average molecular weight is 526 g/mol. The van der Waals surface area contributed by atoms with Gasteiger partial charge in [0.15, 0.2) is 6.04 Å². The number of piperazine rings is 1. The van der Waals surface area contributed by atoms with Gasteiger partial charge in [-0.05, 0) is 62.4 Å². The van der Waals surface area contributed by atoms with Crippen molar-refractivity contribution in [1.29, 1.82) is 0 Å². The number of likely N-dealkylation sites (tertiary alicyclic amines) is 1. The molecule has 3 amide bonds. The Balaban J connectivity index is 1.43. The maximum Gasteiger partial charge on any atom is 0.329 e. The number of amides is 3. The molecule has 2 fully saturated rings.